The van der Waals surface area contributed by atoms with Crippen LogP contribution >= 0.6 is 0 Å². The summed E-state index contributed by atoms with van der Waals surface area (Å²) in [5, 5.41) is 5.22. The summed E-state index contributed by atoms with van der Waals surface area (Å²) in [5.41, 5.74) is 0.498. The summed E-state index contributed by atoms with van der Waals surface area (Å²) in [5.74, 6) is -0.973. The Morgan fingerprint density at radius 2 is 1.72 bits per heavy atom. The van der Waals surface area contributed by atoms with E-state index in [-0.39, 0.29) is 23.5 Å². The Balaban J connectivity index is 2.72. The minimum absolute atomic E-state index is 0.0330. The second-order valence-corrected chi connectivity index (χ2v) is 4.42. The second kappa shape index (κ2) is 6.14. The molecule has 0 spiro atoms. The third kappa shape index (κ3) is 4.16. The molecule has 2 N–H and O–H groups in total. The average Bonchev–Trinajstić information content (AvgIpc) is 2.28. The highest BCUT2D eigenvalue weighted by Gasteiger charge is 2.22. The van der Waals surface area contributed by atoms with E-state index < -0.39 is 6.04 Å². The highest BCUT2D eigenvalue weighted by molar-refractivity contribution is 5.97. The summed E-state index contributed by atoms with van der Waals surface area (Å²) in [6.45, 7) is 5.04. The van der Waals surface area contributed by atoms with Crippen molar-refractivity contribution in [1.82, 2.24) is 5.32 Å². The Kier molecular flexibility index (Phi) is 4.83. The van der Waals surface area contributed by atoms with E-state index in [0.717, 1.165) is 0 Å². The molecule has 1 aromatic rings. The van der Waals surface area contributed by atoms with Crippen LogP contribution in [0, 0.1) is 11.7 Å². The van der Waals surface area contributed by atoms with Gasteiger partial charge in [0, 0.05) is 12.6 Å². The Hall–Kier alpha value is -1.91. The molecule has 0 radical (unpaired) electrons. The topological polar surface area (TPSA) is 58.2 Å². The first-order chi connectivity index (χ1) is 8.40. The molecule has 0 aliphatic rings. The second-order valence-electron chi connectivity index (χ2n) is 4.42. The molecule has 0 aromatic heterocycles. The zero-order valence-electron chi connectivity index (χ0n) is 10.7. The van der Waals surface area contributed by atoms with Crippen LogP contribution in [0.5, 0.6) is 0 Å². The fraction of sp³-hybridized carbons (Fsp3) is 0.385. The van der Waals surface area contributed by atoms with Crippen molar-refractivity contribution in [2.24, 2.45) is 5.92 Å². The van der Waals surface area contributed by atoms with Crippen molar-refractivity contribution in [3.63, 3.8) is 0 Å². The number of halogens is 1. The number of hydrogen-bond acceptors (Lipinski definition) is 2. The van der Waals surface area contributed by atoms with E-state index in [1.807, 2.05) is 13.8 Å². The molecule has 18 heavy (non-hydrogen) atoms. The van der Waals surface area contributed by atoms with Crippen molar-refractivity contribution in [2.75, 3.05) is 5.32 Å². The highest BCUT2D eigenvalue weighted by Crippen LogP contribution is 2.10. The summed E-state index contributed by atoms with van der Waals surface area (Å²) < 4.78 is 12.7. The molecule has 2 amide bonds. The van der Waals surface area contributed by atoms with Gasteiger partial charge in [-0.2, -0.15) is 0 Å². The molecule has 98 valence electrons. The molecule has 0 saturated carbocycles. The van der Waals surface area contributed by atoms with Gasteiger partial charge in [0.15, 0.2) is 0 Å². The first kappa shape index (κ1) is 14.2. The number of carbonyl (C=O) groups excluding carboxylic acids is 2. The van der Waals surface area contributed by atoms with Gasteiger partial charge in [-0.25, -0.2) is 4.39 Å². The molecule has 0 unspecified atom stereocenters. The van der Waals surface area contributed by atoms with E-state index >= 15 is 0 Å². The largest absolute Gasteiger partial charge is 0.344 e. The van der Waals surface area contributed by atoms with E-state index in [1.165, 1.54) is 31.2 Å². The Bertz CT molecular complexity index is 429. The molecule has 4 nitrogen and oxygen atoms in total. The maximum absolute atomic E-state index is 12.7. The van der Waals surface area contributed by atoms with E-state index in [4.69, 9.17) is 0 Å². The zero-order valence-corrected chi connectivity index (χ0v) is 10.7. The minimum Gasteiger partial charge on any atom is -0.344 e. The van der Waals surface area contributed by atoms with E-state index in [1.54, 1.807) is 0 Å². The van der Waals surface area contributed by atoms with Crippen LogP contribution in [-0.4, -0.2) is 17.9 Å². The van der Waals surface area contributed by atoms with Crippen LogP contribution in [0.2, 0.25) is 0 Å². The molecular weight excluding hydrogens is 235 g/mol. The predicted octanol–water partition coefficient (Wildman–Crippen LogP) is 1.92. The van der Waals surface area contributed by atoms with Gasteiger partial charge in [-0.1, -0.05) is 13.8 Å². The fourth-order valence-electron chi connectivity index (χ4n) is 1.51. The summed E-state index contributed by atoms with van der Waals surface area (Å²) >= 11 is 0. The third-order valence-corrected chi connectivity index (χ3v) is 2.42. The molecule has 1 rings (SSSR count). The fourth-order valence-corrected chi connectivity index (χ4v) is 1.51. The van der Waals surface area contributed by atoms with Crippen LogP contribution in [0.1, 0.15) is 20.8 Å². The van der Waals surface area contributed by atoms with Crippen LogP contribution < -0.4 is 10.6 Å². The van der Waals surface area contributed by atoms with Crippen LogP contribution in [0.3, 0.4) is 0 Å². The van der Waals surface area contributed by atoms with Crippen molar-refractivity contribution in [2.45, 2.75) is 26.8 Å². The number of hydrogen-bond donors (Lipinski definition) is 2. The zero-order chi connectivity index (χ0) is 13.7. The van der Waals surface area contributed by atoms with Crippen molar-refractivity contribution in [1.29, 1.82) is 0 Å². The number of benzene rings is 1. The van der Waals surface area contributed by atoms with E-state index in [9.17, 15) is 14.0 Å². The molecule has 0 heterocycles. The monoisotopic (exact) mass is 252 g/mol. The van der Waals surface area contributed by atoms with Gasteiger partial charge < -0.3 is 10.6 Å². The van der Waals surface area contributed by atoms with Gasteiger partial charge in [0.25, 0.3) is 0 Å². The molecule has 0 aliphatic carbocycles. The molecular formula is C13H17FN2O2. The standard InChI is InChI=1S/C13H17FN2O2/c1-8(2)12(15-9(3)17)13(18)16-11-6-4-10(14)5-7-11/h4-8,12H,1-3H3,(H,15,17)(H,16,18)/t12-/m1/s1. The highest BCUT2D eigenvalue weighted by atomic mass is 19.1. The smallest absolute Gasteiger partial charge is 0.247 e. The summed E-state index contributed by atoms with van der Waals surface area (Å²) in [4.78, 5) is 23.0. The lowest BCUT2D eigenvalue weighted by molar-refractivity contribution is -0.126. The van der Waals surface area contributed by atoms with Crippen molar-refractivity contribution in [3.8, 4) is 0 Å². The SMILES string of the molecule is CC(=O)N[C@@H](C(=O)Nc1ccc(F)cc1)C(C)C. The first-order valence-corrected chi connectivity index (χ1v) is 5.73. The van der Waals surface area contributed by atoms with Gasteiger partial charge in [-0.3, -0.25) is 9.59 Å². The first-order valence-electron chi connectivity index (χ1n) is 5.73. The number of nitrogens with one attached hydrogen (secondary N) is 2. The Morgan fingerprint density at radius 3 is 2.17 bits per heavy atom. The molecule has 1 aromatic carbocycles. The maximum Gasteiger partial charge on any atom is 0.247 e. The lowest BCUT2D eigenvalue weighted by atomic mass is 10.0. The lowest BCUT2D eigenvalue weighted by Gasteiger charge is -2.20. The molecule has 0 fully saturated rings. The van der Waals surface area contributed by atoms with E-state index in [2.05, 4.69) is 10.6 Å². The number of anilines is 1. The summed E-state index contributed by atoms with van der Waals surface area (Å²) in [7, 11) is 0. The molecule has 0 aliphatic heterocycles. The maximum atomic E-state index is 12.7. The van der Waals surface area contributed by atoms with Crippen LogP contribution in [0.25, 0.3) is 0 Å². The van der Waals surface area contributed by atoms with Gasteiger partial charge >= 0.3 is 0 Å². The van der Waals surface area contributed by atoms with Crippen LogP contribution in [-0.2, 0) is 9.59 Å². The quantitative estimate of drug-likeness (QED) is 0.860. The van der Waals surface area contributed by atoms with Crippen LogP contribution in [0.4, 0.5) is 10.1 Å². The van der Waals surface area contributed by atoms with Crippen molar-refractivity contribution < 1.29 is 14.0 Å². The average molecular weight is 252 g/mol. The number of amides is 2. The van der Waals surface area contributed by atoms with E-state index in [0.29, 0.717) is 5.69 Å². The number of rotatable bonds is 4. The predicted molar refractivity (Wildman–Crippen MR) is 67.5 cm³/mol. The molecule has 5 heteroatoms. The van der Waals surface area contributed by atoms with Gasteiger partial charge in [-0.05, 0) is 30.2 Å². The van der Waals surface area contributed by atoms with Crippen molar-refractivity contribution in [3.05, 3.63) is 30.1 Å². The van der Waals surface area contributed by atoms with Gasteiger partial charge in [0.2, 0.25) is 11.8 Å². The summed E-state index contributed by atoms with van der Waals surface area (Å²) in [6.07, 6.45) is 0. The lowest BCUT2D eigenvalue weighted by Crippen LogP contribution is -2.46. The van der Waals surface area contributed by atoms with Gasteiger partial charge in [0.05, 0.1) is 0 Å². The molecule has 0 saturated heterocycles. The van der Waals surface area contributed by atoms with Crippen LogP contribution in [0.15, 0.2) is 24.3 Å². The minimum atomic E-state index is -0.604. The third-order valence-electron chi connectivity index (χ3n) is 2.42. The Morgan fingerprint density at radius 1 is 1.17 bits per heavy atom. The summed E-state index contributed by atoms with van der Waals surface area (Å²) in [6, 6.07) is 4.86. The van der Waals surface area contributed by atoms with Crippen molar-refractivity contribution >= 4 is 17.5 Å². The normalized spacial score (nSPS) is 12.1. The Labute approximate surface area is 106 Å². The molecule has 1 atom stereocenters. The van der Waals surface area contributed by atoms with Gasteiger partial charge in [-0.15, -0.1) is 0 Å². The van der Waals surface area contributed by atoms with Gasteiger partial charge in [0.1, 0.15) is 11.9 Å². The number of carbonyl (C=O) groups is 2. The molecule has 0 bridgehead atoms.